The van der Waals surface area contributed by atoms with Gasteiger partial charge in [-0.05, 0) is 55.4 Å². The summed E-state index contributed by atoms with van der Waals surface area (Å²) in [5.74, 6) is -0.105. The van der Waals surface area contributed by atoms with Gasteiger partial charge in [-0.15, -0.1) is 0 Å². The van der Waals surface area contributed by atoms with Crippen molar-refractivity contribution in [1.29, 1.82) is 0 Å². The van der Waals surface area contributed by atoms with Crippen LogP contribution >= 0.6 is 0 Å². The Labute approximate surface area is 143 Å². The summed E-state index contributed by atoms with van der Waals surface area (Å²) in [6.45, 7) is 2.26. The second-order valence-corrected chi connectivity index (χ2v) is 7.58. The molecule has 1 aromatic carbocycles. The van der Waals surface area contributed by atoms with Gasteiger partial charge in [-0.3, -0.25) is 0 Å². The number of hydrogen-bond donors (Lipinski definition) is 0. The van der Waals surface area contributed by atoms with E-state index in [-0.39, 0.29) is 5.56 Å². The Hall–Kier alpha value is -1.25. The molecule has 2 aliphatic rings. The van der Waals surface area contributed by atoms with Gasteiger partial charge in [0.05, 0.1) is 0 Å². The zero-order chi connectivity index (χ0) is 17.1. The van der Waals surface area contributed by atoms with E-state index in [1.807, 2.05) is 6.08 Å². The second kappa shape index (κ2) is 7.76. The molecule has 1 saturated carbocycles. The lowest BCUT2D eigenvalue weighted by molar-refractivity contribution is 0.189. The normalized spacial score (nSPS) is 27.8. The van der Waals surface area contributed by atoms with Crippen molar-refractivity contribution in [2.75, 3.05) is 0 Å². The van der Waals surface area contributed by atoms with Gasteiger partial charge >= 0.3 is 0 Å². The van der Waals surface area contributed by atoms with Crippen LogP contribution in [0.25, 0.3) is 5.57 Å². The molecule has 132 valence electrons. The van der Waals surface area contributed by atoms with Crippen LogP contribution in [0.4, 0.5) is 13.2 Å². The van der Waals surface area contributed by atoms with Crippen molar-refractivity contribution >= 4 is 5.57 Å². The molecule has 0 aromatic heterocycles. The second-order valence-electron chi connectivity index (χ2n) is 7.58. The number of hydrogen-bond acceptors (Lipinski definition) is 0. The fraction of sp³-hybridized carbons (Fsp3) is 0.619. The minimum atomic E-state index is -0.855. The average Bonchev–Trinajstić information content (AvgIpc) is 2.56. The zero-order valence-corrected chi connectivity index (χ0v) is 14.5. The van der Waals surface area contributed by atoms with Crippen LogP contribution in [0.1, 0.15) is 70.3 Å². The van der Waals surface area contributed by atoms with Crippen LogP contribution in [0.15, 0.2) is 18.2 Å². The van der Waals surface area contributed by atoms with Crippen molar-refractivity contribution in [3.05, 3.63) is 41.2 Å². The molecule has 2 aliphatic carbocycles. The van der Waals surface area contributed by atoms with E-state index in [1.54, 1.807) is 0 Å². The summed E-state index contributed by atoms with van der Waals surface area (Å²) in [5.41, 5.74) is 0.683. The SMILES string of the molecule is CCC[C@H]1CC[C@H](C2CC=C(c3c(F)cc(F)cc3F)CC2)CC1. The molecule has 0 saturated heterocycles. The fourth-order valence-electron chi connectivity index (χ4n) is 4.72. The summed E-state index contributed by atoms with van der Waals surface area (Å²) in [6, 6.07) is 1.56. The van der Waals surface area contributed by atoms with E-state index in [2.05, 4.69) is 6.92 Å². The van der Waals surface area contributed by atoms with E-state index >= 15 is 0 Å². The lowest BCUT2D eigenvalue weighted by atomic mass is 9.70. The molecule has 1 fully saturated rings. The first-order valence-corrected chi connectivity index (χ1v) is 9.42. The van der Waals surface area contributed by atoms with Crippen molar-refractivity contribution in [1.82, 2.24) is 0 Å². The maximum absolute atomic E-state index is 13.9. The minimum Gasteiger partial charge on any atom is -0.207 e. The predicted molar refractivity (Wildman–Crippen MR) is 92.0 cm³/mol. The number of benzene rings is 1. The molecule has 0 amide bonds. The van der Waals surface area contributed by atoms with Crippen molar-refractivity contribution in [3.63, 3.8) is 0 Å². The highest BCUT2D eigenvalue weighted by molar-refractivity contribution is 5.67. The van der Waals surface area contributed by atoms with Gasteiger partial charge in [-0.1, -0.05) is 38.7 Å². The lowest BCUT2D eigenvalue weighted by Crippen LogP contribution is -2.23. The molecule has 0 heterocycles. The molecule has 0 nitrogen and oxygen atoms in total. The third-order valence-electron chi connectivity index (χ3n) is 6.03. The summed E-state index contributed by atoms with van der Waals surface area (Å²) < 4.78 is 41.0. The quantitative estimate of drug-likeness (QED) is 0.561. The highest BCUT2D eigenvalue weighted by atomic mass is 19.1. The molecule has 3 rings (SSSR count). The highest BCUT2D eigenvalue weighted by Gasteiger charge is 2.29. The van der Waals surface area contributed by atoms with Crippen molar-refractivity contribution < 1.29 is 13.2 Å². The van der Waals surface area contributed by atoms with Crippen LogP contribution < -0.4 is 0 Å². The van der Waals surface area contributed by atoms with Gasteiger partial charge in [-0.2, -0.15) is 0 Å². The maximum atomic E-state index is 13.9. The van der Waals surface area contributed by atoms with Crippen LogP contribution in [-0.4, -0.2) is 0 Å². The largest absolute Gasteiger partial charge is 0.207 e. The predicted octanol–water partition coefficient (Wildman–Crippen LogP) is 6.89. The highest BCUT2D eigenvalue weighted by Crippen LogP contribution is 2.42. The van der Waals surface area contributed by atoms with Crippen LogP contribution in [0.3, 0.4) is 0 Å². The van der Waals surface area contributed by atoms with E-state index in [1.165, 1.54) is 38.5 Å². The van der Waals surface area contributed by atoms with Crippen molar-refractivity contribution in [2.24, 2.45) is 17.8 Å². The zero-order valence-electron chi connectivity index (χ0n) is 14.5. The third kappa shape index (κ3) is 3.87. The Bertz CT molecular complexity index is 574. The third-order valence-corrected chi connectivity index (χ3v) is 6.03. The monoisotopic (exact) mass is 336 g/mol. The molecule has 1 atom stereocenters. The Kier molecular flexibility index (Phi) is 5.68. The van der Waals surface area contributed by atoms with Gasteiger partial charge in [0.2, 0.25) is 0 Å². The van der Waals surface area contributed by atoms with Crippen LogP contribution in [-0.2, 0) is 0 Å². The first kappa shape index (κ1) is 17.6. The molecule has 0 radical (unpaired) electrons. The smallest absolute Gasteiger partial charge is 0.136 e. The topological polar surface area (TPSA) is 0 Å². The Balaban J connectivity index is 1.63. The van der Waals surface area contributed by atoms with Gasteiger partial charge in [0, 0.05) is 17.7 Å². The molecule has 0 N–H and O–H groups in total. The summed E-state index contributed by atoms with van der Waals surface area (Å²) in [5, 5.41) is 0. The van der Waals surface area contributed by atoms with Gasteiger partial charge in [-0.25, -0.2) is 13.2 Å². The summed E-state index contributed by atoms with van der Waals surface area (Å²) in [7, 11) is 0. The van der Waals surface area contributed by atoms with E-state index < -0.39 is 17.5 Å². The molecule has 24 heavy (non-hydrogen) atoms. The van der Waals surface area contributed by atoms with Gasteiger partial charge < -0.3 is 0 Å². The minimum absolute atomic E-state index is 0.0264. The average molecular weight is 336 g/mol. The van der Waals surface area contributed by atoms with Crippen LogP contribution in [0, 0.1) is 35.2 Å². The van der Waals surface area contributed by atoms with Crippen LogP contribution in [0.5, 0.6) is 0 Å². The summed E-state index contributed by atoms with van der Waals surface area (Å²) >= 11 is 0. The number of halogens is 3. The Morgan fingerprint density at radius 1 is 0.917 bits per heavy atom. The summed E-state index contributed by atoms with van der Waals surface area (Å²) in [4.78, 5) is 0. The summed E-state index contributed by atoms with van der Waals surface area (Å²) in [6.07, 6.45) is 12.5. The Morgan fingerprint density at radius 3 is 2.12 bits per heavy atom. The van der Waals surface area contributed by atoms with E-state index in [0.29, 0.717) is 17.9 Å². The molecule has 0 bridgehead atoms. The lowest BCUT2D eigenvalue weighted by Gasteiger charge is -2.35. The van der Waals surface area contributed by atoms with Gasteiger partial charge in [0.25, 0.3) is 0 Å². The molecular weight excluding hydrogens is 309 g/mol. The first-order valence-electron chi connectivity index (χ1n) is 9.42. The Morgan fingerprint density at radius 2 is 1.58 bits per heavy atom. The van der Waals surface area contributed by atoms with Crippen molar-refractivity contribution in [3.8, 4) is 0 Å². The van der Waals surface area contributed by atoms with Gasteiger partial charge in [0.1, 0.15) is 17.5 Å². The maximum Gasteiger partial charge on any atom is 0.136 e. The van der Waals surface area contributed by atoms with Gasteiger partial charge in [0.15, 0.2) is 0 Å². The molecular formula is C21H27F3. The van der Waals surface area contributed by atoms with Crippen molar-refractivity contribution in [2.45, 2.75) is 64.7 Å². The fourth-order valence-corrected chi connectivity index (χ4v) is 4.72. The number of allylic oxidation sites excluding steroid dienone is 2. The molecule has 1 aromatic rings. The molecule has 1 unspecified atom stereocenters. The van der Waals surface area contributed by atoms with E-state index in [9.17, 15) is 13.2 Å². The first-order chi connectivity index (χ1) is 11.6. The molecule has 3 heteroatoms. The van der Waals surface area contributed by atoms with Crippen LogP contribution in [0.2, 0.25) is 0 Å². The molecule has 0 aliphatic heterocycles. The van der Waals surface area contributed by atoms with E-state index in [4.69, 9.17) is 0 Å². The number of rotatable bonds is 4. The molecule has 0 spiro atoms. The standard InChI is InChI=1S/C21H27F3/c1-2-3-14-4-6-15(7-5-14)16-8-10-17(11-9-16)21-19(23)12-18(22)13-20(21)24/h10,12-16H,2-9,11H2,1H3/t14-,15-,16?. The van der Waals surface area contributed by atoms with E-state index in [0.717, 1.165) is 36.8 Å².